The minimum atomic E-state index is -1.43. The van der Waals surface area contributed by atoms with Crippen LogP contribution in [0.4, 0.5) is 4.39 Å². The number of nitrogens with zero attached hydrogens (tertiary/aromatic N) is 1. The number of fused-ring (bicyclic) bond motifs is 1. The highest BCUT2D eigenvalue weighted by Crippen LogP contribution is 2.44. The first-order valence-corrected chi connectivity index (χ1v) is 10.2. The zero-order chi connectivity index (χ0) is 22.9. The van der Waals surface area contributed by atoms with E-state index in [1.165, 1.54) is 52.0 Å². The Kier molecular flexibility index (Phi) is 6.46. The molecule has 0 saturated carbocycles. The molecule has 0 fully saturated rings. The van der Waals surface area contributed by atoms with Gasteiger partial charge in [-0.05, 0) is 55.7 Å². The van der Waals surface area contributed by atoms with E-state index in [1.54, 1.807) is 12.1 Å². The normalized spacial score (nSPS) is 15.8. The number of rotatable bonds is 5. The minimum Gasteiger partial charge on any atom is -0.493 e. The van der Waals surface area contributed by atoms with Crippen molar-refractivity contribution in [1.29, 1.82) is 0 Å². The third kappa shape index (κ3) is 4.32. The maximum Gasteiger partial charge on any atom is 0.303 e. The first kappa shape index (κ1) is 22.9. The second-order valence-corrected chi connectivity index (χ2v) is 8.20. The van der Waals surface area contributed by atoms with Gasteiger partial charge in [-0.3, -0.25) is 9.59 Å². The van der Waals surface area contributed by atoms with Gasteiger partial charge in [0.25, 0.3) is 5.91 Å². The Morgan fingerprint density at radius 2 is 1.81 bits per heavy atom. The number of carbonyl (C=O) groups excluding carboxylic acids is 2. The number of ether oxygens (including phenoxy) is 3. The lowest BCUT2D eigenvalue weighted by atomic mass is 9.86. The summed E-state index contributed by atoms with van der Waals surface area (Å²) in [5.41, 5.74) is 0.291. The van der Waals surface area contributed by atoms with Crippen LogP contribution in [0.2, 0.25) is 5.02 Å². The Bertz CT molecular complexity index is 1000. The highest BCUT2D eigenvalue weighted by Gasteiger charge is 2.43. The predicted molar refractivity (Wildman–Crippen MR) is 114 cm³/mol. The zero-order valence-electron chi connectivity index (χ0n) is 18.1. The fourth-order valence-electron chi connectivity index (χ4n) is 4.00. The monoisotopic (exact) mass is 449 g/mol. The van der Waals surface area contributed by atoms with Crippen molar-refractivity contribution in [2.45, 2.75) is 38.8 Å². The lowest BCUT2D eigenvalue weighted by molar-refractivity contribution is -0.169. The molecule has 8 heteroatoms. The van der Waals surface area contributed by atoms with Crippen LogP contribution in [0.1, 0.15) is 43.5 Å². The van der Waals surface area contributed by atoms with Crippen molar-refractivity contribution in [1.82, 2.24) is 4.90 Å². The number of carbonyl (C=O) groups is 2. The third-order valence-electron chi connectivity index (χ3n) is 5.32. The molecule has 2 aromatic carbocycles. The fourth-order valence-corrected chi connectivity index (χ4v) is 4.26. The second-order valence-electron chi connectivity index (χ2n) is 7.80. The summed E-state index contributed by atoms with van der Waals surface area (Å²) in [5, 5.41) is 0.190. The SMILES string of the molecule is COc1cc2c(cc1OC)[C@H](c1c(F)cccc1Cl)N(C(=O)C(C)(C)OC(C)=O)CC2. The van der Waals surface area contributed by atoms with E-state index >= 15 is 4.39 Å². The molecule has 1 aliphatic rings. The number of hydrogen-bond acceptors (Lipinski definition) is 5. The largest absolute Gasteiger partial charge is 0.493 e. The number of halogens is 2. The standard InChI is InChI=1S/C23H25ClFNO5/c1-13(27)31-23(2,3)22(28)26-10-9-14-11-18(29-4)19(30-5)12-15(14)21(26)20-16(24)7-6-8-17(20)25/h6-8,11-12,21H,9-10H2,1-5H3/t21-/m1/s1. The van der Waals surface area contributed by atoms with E-state index in [-0.39, 0.29) is 17.1 Å². The smallest absolute Gasteiger partial charge is 0.303 e. The minimum absolute atomic E-state index is 0.171. The molecule has 0 saturated heterocycles. The fraction of sp³-hybridized carbons (Fsp3) is 0.391. The summed E-state index contributed by atoms with van der Waals surface area (Å²) in [5.74, 6) is -0.578. The van der Waals surface area contributed by atoms with E-state index in [2.05, 4.69) is 0 Å². The van der Waals surface area contributed by atoms with Gasteiger partial charge in [0.2, 0.25) is 0 Å². The van der Waals surface area contributed by atoms with Crippen molar-refractivity contribution >= 4 is 23.5 Å². The molecule has 3 rings (SSSR count). The Labute approximate surface area is 185 Å². The molecular weight excluding hydrogens is 425 g/mol. The molecule has 166 valence electrons. The van der Waals surface area contributed by atoms with E-state index in [1.807, 2.05) is 6.07 Å². The highest BCUT2D eigenvalue weighted by molar-refractivity contribution is 6.31. The van der Waals surface area contributed by atoms with Gasteiger partial charge in [0, 0.05) is 24.1 Å². The molecule has 2 aromatic rings. The van der Waals surface area contributed by atoms with Crippen molar-refractivity contribution in [3.63, 3.8) is 0 Å². The van der Waals surface area contributed by atoms with Gasteiger partial charge >= 0.3 is 5.97 Å². The molecule has 1 amide bonds. The summed E-state index contributed by atoms with van der Waals surface area (Å²) in [6.45, 7) is 4.55. The van der Waals surface area contributed by atoms with Crippen molar-refractivity contribution in [3.05, 3.63) is 57.9 Å². The molecule has 0 spiro atoms. The molecule has 31 heavy (non-hydrogen) atoms. The Hall–Kier alpha value is -2.80. The number of hydrogen-bond donors (Lipinski definition) is 0. The van der Waals surface area contributed by atoms with Gasteiger partial charge in [0.1, 0.15) is 5.82 Å². The van der Waals surface area contributed by atoms with E-state index in [0.717, 1.165) is 5.56 Å². The molecule has 1 atom stereocenters. The molecule has 1 heterocycles. The van der Waals surface area contributed by atoms with E-state index in [9.17, 15) is 9.59 Å². The topological polar surface area (TPSA) is 65.1 Å². The van der Waals surface area contributed by atoms with E-state index in [4.69, 9.17) is 25.8 Å². The van der Waals surface area contributed by atoms with Crippen molar-refractivity contribution in [2.75, 3.05) is 20.8 Å². The Morgan fingerprint density at radius 1 is 1.16 bits per heavy atom. The number of amides is 1. The van der Waals surface area contributed by atoms with Crippen LogP contribution in [0.25, 0.3) is 0 Å². The van der Waals surface area contributed by atoms with Crippen LogP contribution < -0.4 is 9.47 Å². The molecule has 0 bridgehead atoms. The predicted octanol–water partition coefficient (Wildman–Crippen LogP) is 4.31. The zero-order valence-corrected chi connectivity index (χ0v) is 18.9. The van der Waals surface area contributed by atoms with Gasteiger partial charge in [-0.15, -0.1) is 0 Å². The Balaban J connectivity index is 2.22. The van der Waals surface area contributed by atoms with Crippen molar-refractivity contribution in [2.24, 2.45) is 0 Å². The van der Waals surface area contributed by atoms with Crippen LogP contribution in [0.3, 0.4) is 0 Å². The molecule has 1 aliphatic heterocycles. The summed E-state index contributed by atoms with van der Waals surface area (Å²) in [6, 6.07) is 7.12. The van der Waals surface area contributed by atoms with E-state index < -0.39 is 29.3 Å². The average molecular weight is 450 g/mol. The van der Waals surface area contributed by atoms with Crippen LogP contribution in [-0.2, 0) is 20.7 Å². The summed E-state index contributed by atoms with van der Waals surface area (Å²) < 4.78 is 31.1. The highest BCUT2D eigenvalue weighted by atomic mass is 35.5. The van der Waals surface area contributed by atoms with Gasteiger partial charge in [-0.25, -0.2) is 4.39 Å². The quantitative estimate of drug-likeness (QED) is 0.636. The molecule has 0 N–H and O–H groups in total. The van der Waals surface area contributed by atoms with Crippen LogP contribution >= 0.6 is 11.6 Å². The lowest BCUT2D eigenvalue weighted by Gasteiger charge is -2.41. The van der Waals surface area contributed by atoms with Crippen LogP contribution in [0.5, 0.6) is 11.5 Å². The summed E-state index contributed by atoms with van der Waals surface area (Å²) in [6.07, 6.45) is 0.500. The number of esters is 1. The molecule has 0 radical (unpaired) electrons. The summed E-state index contributed by atoms with van der Waals surface area (Å²) in [7, 11) is 3.04. The van der Waals surface area contributed by atoms with Gasteiger partial charge in [-0.2, -0.15) is 0 Å². The second kappa shape index (κ2) is 8.75. The van der Waals surface area contributed by atoms with Crippen LogP contribution in [0, 0.1) is 5.82 Å². The molecular formula is C23H25ClFNO5. The average Bonchev–Trinajstić information content (AvgIpc) is 2.71. The molecule has 0 unspecified atom stereocenters. The Morgan fingerprint density at radius 3 is 2.39 bits per heavy atom. The first-order valence-electron chi connectivity index (χ1n) is 9.80. The molecule has 0 aliphatic carbocycles. The maximum atomic E-state index is 15.0. The van der Waals surface area contributed by atoms with Gasteiger partial charge in [0.15, 0.2) is 17.1 Å². The van der Waals surface area contributed by atoms with Gasteiger partial charge < -0.3 is 19.1 Å². The van der Waals surface area contributed by atoms with Crippen molar-refractivity contribution < 1.29 is 28.2 Å². The molecule has 6 nitrogen and oxygen atoms in total. The van der Waals surface area contributed by atoms with Crippen LogP contribution in [0.15, 0.2) is 30.3 Å². The van der Waals surface area contributed by atoms with Gasteiger partial charge in [0.05, 0.1) is 20.3 Å². The number of benzene rings is 2. The first-order chi connectivity index (χ1) is 14.6. The lowest BCUT2D eigenvalue weighted by Crippen LogP contribution is -2.51. The number of methoxy groups -OCH3 is 2. The molecule has 0 aromatic heterocycles. The maximum absolute atomic E-state index is 15.0. The summed E-state index contributed by atoms with van der Waals surface area (Å²) >= 11 is 6.41. The van der Waals surface area contributed by atoms with E-state index in [0.29, 0.717) is 23.5 Å². The van der Waals surface area contributed by atoms with Crippen LogP contribution in [-0.4, -0.2) is 43.1 Å². The van der Waals surface area contributed by atoms with Crippen molar-refractivity contribution in [3.8, 4) is 11.5 Å². The third-order valence-corrected chi connectivity index (χ3v) is 5.65. The summed E-state index contributed by atoms with van der Waals surface area (Å²) in [4.78, 5) is 26.5. The van der Waals surface area contributed by atoms with Gasteiger partial charge in [-0.1, -0.05) is 17.7 Å².